The molecule has 1 saturated carbocycles. The van der Waals surface area contributed by atoms with Crippen molar-refractivity contribution in [3.05, 3.63) is 34.9 Å². The first-order chi connectivity index (χ1) is 9.10. The molecule has 2 atom stereocenters. The predicted octanol–water partition coefficient (Wildman–Crippen LogP) is 2.37. The van der Waals surface area contributed by atoms with E-state index in [1.165, 1.54) is 30.4 Å². The zero-order chi connectivity index (χ0) is 13.8. The summed E-state index contributed by atoms with van der Waals surface area (Å²) < 4.78 is 0. The molecule has 4 nitrogen and oxygen atoms in total. The third-order valence-corrected chi connectivity index (χ3v) is 4.02. The highest BCUT2D eigenvalue weighted by Crippen LogP contribution is 2.25. The lowest BCUT2D eigenvalue weighted by Crippen LogP contribution is -2.26. The van der Waals surface area contributed by atoms with E-state index in [4.69, 9.17) is 10.9 Å². The second kappa shape index (κ2) is 6.06. The summed E-state index contributed by atoms with van der Waals surface area (Å²) >= 11 is 0. The SMILES string of the molecule is Cc1cc(/C(N)=N/O)ccc1CNC1CCC(C)C1. The molecule has 104 valence electrons. The van der Waals surface area contributed by atoms with Crippen molar-refractivity contribution >= 4 is 5.84 Å². The molecule has 1 aliphatic rings. The number of hydrogen-bond acceptors (Lipinski definition) is 3. The molecule has 4 heteroatoms. The Bertz CT molecular complexity index is 470. The Hall–Kier alpha value is -1.55. The van der Waals surface area contributed by atoms with Gasteiger partial charge in [0.1, 0.15) is 0 Å². The van der Waals surface area contributed by atoms with Crippen LogP contribution in [0.1, 0.15) is 42.9 Å². The summed E-state index contributed by atoms with van der Waals surface area (Å²) in [6, 6.07) is 6.56. The quantitative estimate of drug-likeness (QED) is 0.337. The third kappa shape index (κ3) is 3.47. The number of hydrogen-bond donors (Lipinski definition) is 3. The van der Waals surface area contributed by atoms with Crippen molar-refractivity contribution in [1.82, 2.24) is 5.32 Å². The molecular weight excluding hydrogens is 238 g/mol. The molecule has 0 heterocycles. The van der Waals surface area contributed by atoms with Crippen molar-refractivity contribution < 1.29 is 5.21 Å². The first-order valence-corrected chi connectivity index (χ1v) is 6.91. The lowest BCUT2D eigenvalue weighted by molar-refractivity contribution is 0.318. The van der Waals surface area contributed by atoms with Crippen molar-refractivity contribution in [2.45, 2.75) is 45.7 Å². The summed E-state index contributed by atoms with van der Waals surface area (Å²) in [6.45, 7) is 5.26. The molecule has 2 rings (SSSR count). The van der Waals surface area contributed by atoms with Gasteiger partial charge in [0.25, 0.3) is 0 Å². The molecular formula is C15H23N3O. The zero-order valence-electron chi connectivity index (χ0n) is 11.7. The third-order valence-electron chi connectivity index (χ3n) is 4.02. The minimum absolute atomic E-state index is 0.159. The molecule has 0 aliphatic heterocycles. The van der Waals surface area contributed by atoms with E-state index in [1.807, 2.05) is 18.2 Å². The molecule has 0 bridgehead atoms. The van der Waals surface area contributed by atoms with Crippen LogP contribution in [0.4, 0.5) is 0 Å². The Kier molecular flexibility index (Phi) is 4.43. The molecule has 1 aromatic carbocycles. The van der Waals surface area contributed by atoms with Gasteiger partial charge in [-0.25, -0.2) is 0 Å². The Morgan fingerprint density at radius 1 is 1.47 bits per heavy atom. The molecule has 1 aliphatic carbocycles. The number of amidine groups is 1. The van der Waals surface area contributed by atoms with Crippen molar-refractivity contribution in [3.8, 4) is 0 Å². The van der Waals surface area contributed by atoms with Gasteiger partial charge in [0.05, 0.1) is 0 Å². The highest BCUT2D eigenvalue weighted by Gasteiger charge is 2.20. The maximum absolute atomic E-state index is 8.67. The zero-order valence-corrected chi connectivity index (χ0v) is 11.7. The summed E-state index contributed by atoms with van der Waals surface area (Å²) in [4.78, 5) is 0. The minimum atomic E-state index is 0.159. The standard InChI is InChI=1S/C15H23N3O/c1-10-3-6-14(7-10)17-9-13-5-4-12(8-11(13)2)15(16)18-19/h4-5,8,10,14,17,19H,3,6-7,9H2,1-2H3,(H2,16,18). The van der Waals surface area contributed by atoms with Gasteiger partial charge in [0, 0.05) is 18.2 Å². The fourth-order valence-corrected chi connectivity index (χ4v) is 2.76. The Morgan fingerprint density at radius 2 is 2.26 bits per heavy atom. The Morgan fingerprint density at radius 3 is 2.84 bits per heavy atom. The number of aryl methyl sites for hydroxylation is 1. The smallest absolute Gasteiger partial charge is 0.170 e. The van der Waals surface area contributed by atoms with Crippen LogP contribution < -0.4 is 11.1 Å². The van der Waals surface area contributed by atoms with E-state index in [-0.39, 0.29) is 5.84 Å². The van der Waals surface area contributed by atoms with Gasteiger partial charge in [-0.15, -0.1) is 0 Å². The van der Waals surface area contributed by atoms with E-state index in [0.717, 1.165) is 18.0 Å². The van der Waals surface area contributed by atoms with Gasteiger partial charge >= 0.3 is 0 Å². The predicted molar refractivity (Wildman–Crippen MR) is 77.3 cm³/mol. The average Bonchev–Trinajstić information content (AvgIpc) is 2.82. The van der Waals surface area contributed by atoms with Gasteiger partial charge in [-0.3, -0.25) is 0 Å². The molecule has 2 unspecified atom stereocenters. The molecule has 0 spiro atoms. The molecule has 4 N–H and O–H groups in total. The summed E-state index contributed by atoms with van der Waals surface area (Å²) in [5.74, 6) is 1.01. The van der Waals surface area contributed by atoms with E-state index in [0.29, 0.717) is 6.04 Å². The van der Waals surface area contributed by atoms with Gasteiger partial charge in [-0.05, 0) is 49.3 Å². The second-order valence-corrected chi connectivity index (χ2v) is 5.62. The molecule has 0 saturated heterocycles. The number of nitrogens with two attached hydrogens (primary N) is 1. The van der Waals surface area contributed by atoms with Crippen LogP contribution in [0.2, 0.25) is 0 Å². The Balaban J connectivity index is 1.97. The number of benzene rings is 1. The van der Waals surface area contributed by atoms with Gasteiger partial charge < -0.3 is 16.3 Å². The van der Waals surface area contributed by atoms with Crippen molar-refractivity contribution in [1.29, 1.82) is 0 Å². The number of nitrogens with one attached hydrogen (secondary N) is 1. The minimum Gasteiger partial charge on any atom is -0.409 e. The van der Waals surface area contributed by atoms with Crippen LogP contribution >= 0.6 is 0 Å². The second-order valence-electron chi connectivity index (χ2n) is 5.62. The van der Waals surface area contributed by atoms with Crippen LogP contribution in [0.15, 0.2) is 23.4 Å². The maximum atomic E-state index is 8.67. The number of oxime groups is 1. The van der Waals surface area contributed by atoms with Crippen LogP contribution in [0.25, 0.3) is 0 Å². The van der Waals surface area contributed by atoms with Crippen LogP contribution in [-0.2, 0) is 6.54 Å². The fourth-order valence-electron chi connectivity index (χ4n) is 2.76. The van der Waals surface area contributed by atoms with Gasteiger partial charge in [-0.2, -0.15) is 0 Å². The van der Waals surface area contributed by atoms with E-state index in [1.54, 1.807) is 0 Å². The van der Waals surface area contributed by atoms with Crippen molar-refractivity contribution in [2.24, 2.45) is 16.8 Å². The lowest BCUT2D eigenvalue weighted by Gasteiger charge is -2.14. The normalized spacial score (nSPS) is 23.8. The van der Waals surface area contributed by atoms with Crippen molar-refractivity contribution in [2.75, 3.05) is 0 Å². The van der Waals surface area contributed by atoms with E-state index in [2.05, 4.69) is 24.3 Å². The van der Waals surface area contributed by atoms with Crippen molar-refractivity contribution in [3.63, 3.8) is 0 Å². The van der Waals surface area contributed by atoms with Crippen LogP contribution in [0, 0.1) is 12.8 Å². The van der Waals surface area contributed by atoms with Crippen LogP contribution in [0.3, 0.4) is 0 Å². The Labute approximate surface area is 114 Å². The number of nitrogens with zero attached hydrogens (tertiary/aromatic N) is 1. The van der Waals surface area contributed by atoms with E-state index >= 15 is 0 Å². The monoisotopic (exact) mass is 261 g/mol. The van der Waals surface area contributed by atoms with Gasteiger partial charge in [-0.1, -0.05) is 24.2 Å². The summed E-state index contributed by atoms with van der Waals surface area (Å²) in [5, 5.41) is 15.3. The molecule has 0 aromatic heterocycles. The average molecular weight is 261 g/mol. The van der Waals surface area contributed by atoms with E-state index < -0.39 is 0 Å². The summed E-state index contributed by atoms with van der Waals surface area (Å²) in [7, 11) is 0. The lowest BCUT2D eigenvalue weighted by atomic mass is 10.0. The fraction of sp³-hybridized carbons (Fsp3) is 0.533. The molecule has 0 amide bonds. The van der Waals surface area contributed by atoms with Gasteiger partial charge in [0.2, 0.25) is 0 Å². The molecule has 0 radical (unpaired) electrons. The molecule has 1 aromatic rings. The van der Waals surface area contributed by atoms with Crippen LogP contribution in [-0.4, -0.2) is 17.1 Å². The van der Waals surface area contributed by atoms with E-state index in [9.17, 15) is 0 Å². The highest BCUT2D eigenvalue weighted by molar-refractivity contribution is 5.97. The molecule has 1 fully saturated rings. The highest BCUT2D eigenvalue weighted by atomic mass is 16.4. The summed E-state index contributed by atoms with van der Waals surface area (Å²) in [5.41, 5.74) is 8.79. The summed E-state index contributed by atoms with van der Waals surface area (Å²) in [6.07, 6.45) is 3.89. The van der Waals surface area contributed by atoms with Crippen LogP contribution in [0.5, 0.6) is 0 Å². The number of rotatable bonds is 4. The first-order valence-electron chi connectivity index (χ1n) is 6.91. The molecule has 19 heavy (non-hydrogen) atoms. The van der Waals surface area contributed by atoms with Gasteiger partial charge in [0.15, 0.2) is 5.84 Å². The first kappa shape index (κ1) is 13.9. The topological polar surface area (TPSA) is 70.6 Å². The largest absolute Gasteiger partial charge is 0.409 e. The maximum Gasteiger partial charge on any atom is 0.170 e.